The van der Waals surface area contributed by atoms with Crippen LogP contribution in [-0.2, 0) is 6.54 Å². The van der Waals surface area contributed by atoms with E-state index < -0.39 is 0 Å². The first-order chi connectivity index (χ1) is 12.6. The van der Waals surface area contributed by atoms with Gasteiger partial charge in [0, 0.05) is 11.6 Å². The minimum absolute atomic E-state index is 0.217. The molecule has 1 aliphatic heterocycles. The van der Waals surface area contributed by atoms with Crippen molar-refractivity contribution in [3.8, 4) is 0 Å². The summed E-state index contributed by atoms with van der Waals surface area (Å²) >= 11 is 6.33. The normalized spacial score (nSPS) is 17.1. The smallest absolute Gasteiger partial charge is 0.328 e. The Morgan fingerprint density at radius 3 is 3.08 bits per heavy atom. The summed E-state index contributed by atoms with van der Waals surface area (Å²) < 4.78 is 1.60. The summed E-state index contributed by atoms with van der Waals surface area (Å²) in [6.45, 7) is 5.24. The number of hydrogen-bond acceptors (Lipinski definition) is 5. The summed E-state index contributed by atoms with van der Waals surface area (Å²) in [5.41, 5.74) is 2.94. The van der Waals surface area contributed by atoms with Crippen LogP contribution in [0.3, 0.4) is 0 Å². The fourth-order valence-corrected chi connectivity index (χ4v) is 3.61. The van der Waals surface area contributed by atoms with Gasteiger partial charge in [0.2, 0.25) is 5.95 Å². The zero-order chi connectivity index (χ0) is 18.1. The second-order valence-electron chi connectivity index (χ2n) is 6.72. The molecule has 2 aromatic heterocycles. The van der Waals surface area contributed by atoms with Crippen molar-refractivity contribution < 1.29 is 0 Å². The van der Waals surface area contributed by atoms with Crippen LogP contribution in [-0.4, -0.2) is 39.2 Å². The molecule has 1 aromatic carbocycles. The van der Waals surface area contributed by atoms with Gasteiger partial charge >= 0.3 is 5.69 Å². The lowest BCUT2D eigenvalue weighted by molar-refractivity contribution is 0.613. The molecule has 0 bridgehead atoms. The van der Waals surface area contributed by atoms with Gasteiger partial charge in [-0.3, -0.25) is 4.57 Å². The molecule has 0 aliphatic carbocycles. The molecule has 3 aromatic rings. The number of aryl methyl sites for hydroxylation is 1. The SMILES string of the molecule is Cc1cccc(Cl)c1Cn1c(=O)[nH]c2cnc(NCC3CCNC3)nc21. The van der Waals surface area contributed by atoms with Crippen LogP contribution in [0.25, 0.3) is 11.2 Å². The molecule has 1 fully saturated rings. The molecule has 1 atom stereocenters. The maximum Gasteiger partial charge on any atom is 0.328 e. The Labute approximate surface area is 155 Å². The highest BCUT2D eigenvalue weighted by Gasteiger charge is 2.16. The lowest BCUT2D eigenvalue weighted by atomic mass is 10.1. The fourth-order valence-electron chi connectivity index (χ4n) is 3.33. The first kappa shape index (κ1) is 17.1. The number of rotatable bonds is 5. The molecule has 7 nitrogen and oxygen atoms in total. The minimum Gasteiger partial charge on any atom is -0.354 e. The molecule has 0 spiro atoms. The van der Waals surface area contributed by atoms with E-state index in [9.17, 15) is 4.79 Å². The van der Waals surface area contributed by atoms with Crippen LogP contribution in [0.4, 0.5) is 5.95 Å². The Balaban J connectivity index is 1.64. The van der Waals surface area contributed by atoms with Crippen LogP contribution in [0.15, 0.2) is 29.2 Å². The number of fused-ring (bicyclic) bond motifs is 1. The first-order valence-electron chi connectivity index (χ1n) is 8.76. The van der Waals surface area contributed by atoms with Gasteiger partial charge in [-0.25, -0.2) is 9.78 Å². The molecule has 1 unspecified atom stereocenters. The minimum atomic E-state index is -0.217. The van der Waals surface area contributed by atoms with Crippen LogP contribution in [0.2, 0.25) is 5.02 Å². The van der Waals surface area contributed by atoms with Crippen LogP contribution in [0, 0.1) is 12.8 Å². The Kier molecular flexibility index (Phi) is 4.65. The van der Waals surface area contributed by atoms with Crippen LogP contribution in [0.1, 0.15) is 17.5 Å². The Morgan fingerprint density at radius 1 is 1.42 bits per heavy atom. The number of benzene rings is 1. The van der Waals surface area contributed by atoms with Crippen molar-refractivity contribution in [2.45, 2.75) is 19.9 Å². The molecule has 1 aliphatic rings. The van der Waals surface area contributed by atoms with Gasteiger partial charge in [-0.1, -0.05) is 23.7 Å². The van der Waals surface area contributed by atoms with E-state index in [2.05, 4.69) is 25.6 Å². The number of anilines is 1. The number of imidazole rings is 1. The van der Waals surface area contributed by atoms with Gasteiger partial charge in [-0.2, -0.15) is 4.98 Å². The van der Waals surface area contributed by atoms with Gasteiger partial charge in [0.15, 0.2) is 5.65 Å². The standard InChI is InChI=1S/C18H21ClN6O/c1-11-3-2-4-14(19)13(11)10-25-16-15(23-18(25)26)9-22-17(24-16)21-8-12-5-6-20-7-12/h2-4,9,12,20H,5-8,10H2,1H3,(H,23,26)(H,21,22,24). The van der Waals surface area contributed by atoms with Crippen molar-refractivity contribution in [1.29, 1.82) is 0 Å². The zero-order valence-corrected chi connectivity index (χ0v) is 15.3. The lowest BCUT2D eigenvalue weighted by Crippen LogP contribution is -2.19. The molecule has 136 valence electrons. The van der Waals surface area contributed by atoms with Gasteiger partial charge in [0.25, 0.3) is 0 Å². The van der Waals surface area contributed by atoms with E-state index in [1.54, 1.807) is 10.8 Å². The van der Waals surface area contributed by atoms with Crippen molar-refractivity contribution in [3.63, 3.8) is 0 Å². The Bertz CT molecular complexity index is 969. The molecule has 3 heterocycles. The largest absolute Gasteiger partial charge is 0.354 e. The number of aromatic amines is 1. The van der Waals surface area contributed by atoms with E-state index in [-0.39, 0.29) is 5.69 Å². The highest BCUT2D eigenvalue weighted by molar-refractivity contribution is 6.31. The number of halogens is 1. The Morgan fingerprint density at radius 2 is 2.31 bits per heavy atom. The maximum atomic E-state index is 12.4. The average molecular weight is 373 g/mol. The average Bonchev–Trinajstić information content (AvgIpc) is 3.24. The van der Waals surface area contributed by atoms with Gasteiger partial charge in [-0.15, -0.1) is 0 Å². The van der Waals surface area contributed by atoms with Crippen molar-refractivity contribution in [2.24, 2.45) is 5.92 Å². The fraction of sp³-hybridized carbons (Fsp3) is 0.389. The molecule has 1 saturated heterocycles. The molecule has 0 radical (unpaired) electrons. The molecule has 26 heavy (non-hydrogen) atoms. The lowest BCUT2D eigenvalue weighted by Gasteiger charge is -2.11. The zero-order valence-electron chi connectivity index (χ0n) is 14.6. The van der Waals surface area contributed by atoms with E-state index in [0.717, 1.165) is 37.2 Å². The number of nitrogens with zero attached hydrogens (tertiary/aromatic N) is 3. The summed E-state index contributed by atoms with van der Waals surface area (Å²) in [6.07, 6.45) is 2.80. The third-order valence-corrected chi connectivity index (χ3v) is 5.25. The summed E-state index contributed by atoms with van der Waals surface area (Å²) in [7, 11) is 0. The van der Waals surface area contributed by atoms with Crippen molar-refractivity contribution in [1.82, 2.24) is 24.8 Å². The molecular weight excluding hydrogens is 352 g/mol. The second-order valence-corrected chi connectivity index (χ2v) is 7.13. The van der Waals surface area contributed by atoms with E-state index in [1.165, 1.54) is 0 Å². The summed E-state index contributed by atoms with van der Waals surface area (Å²) in [5.74, 6) is 1.11. The molecule has 0 saturated carbocycles. The third-order valence-electron chi connectivity index (χ3n) is 4.89. The molecular formula is C18H21ClN6O. The summed E-state index contributed by atoms with van der Waals surface area (Å²) in [5, 5.41) is 7.27. The predicted octanol–water partition coefficient (Wildman–Crippen LogP) is 2.15. The van der Waals surface area contributed by atoms with Gasteiger partial charge in [-0.05, 0) is 49.5 Å². The highest BCUT2D eigenvalue weighted by atomic mass is 35.5. The molecule has 8 heteroatoms. The number of H-pyrrole nitrogens is 1. The van der Waals surface area contributed by atoms with E-state index in [1.807, 2.05) is 25.1 Å². The predicted molar refractivity (Wildman–Crippen MR) is 103 cm³/mol. The van der Waals surface area contributed by atoms with Gasteiger partial charge < -0.3 is 15.6 Å². The topological polar surface area (TPSA) is 87.6 Å². The second kappa shape index (κ2) is 7.09. The monoisotopic (exact) mass is 372 g/mol. The van der Waals surface area contributed by atoms with Crippen molar-refractivity contribution >= 4 is 28.7 Å². The van der Waals surface area contributed by atoms with Gasteiger partial charge in [0.1, 0.15) is 5.52 Å². The van der Waals surface area contributed by atoms with Crippen LogP contribution in [0.5, 0.6) is 0 Å². The highest BCUT2D eigenvalue weighted by Crippen LogP contribution is 2.21. The first-order valence-corrected chi connectivity index (χ1v) is 9.14. The number of aromatic nitrogens is 4. The van der Waals surface area contributed by atoms with Crippen LogP contribution >= 0.6 is 11.6 Å². The quantitative estimate of drug-likeness (QED) is 0.638. The number of nitrogens with one attached hydrogen (secondary N) is 3. The van der Waals surface area contributed by atoms with E-state index in [4.69, 9.17) is 11.6 Å². The molecule has 4 rings (SSSR count). The van der Waals surface area contributed by atoms with Crippen molar-refractivity contribution in [2.75, 3.05) is 25.0 Å². The maximum absolute atomic E-state index is 12.4. The molecule has 0 amide bonds. The summed E-state index contributed by atoms with van der Waals surface area (Å²) in [6, 6.07) is 5.72. The van der Waals surface area contributed by atoms with Gasteiger partial charge in [0.05, 0.1) is 12.7 Å². The number of hydrogen-bond donors (Lipinski definition) is 3. The van der Waals surface area contributed by atoms with Crippen LogP contribution < -0.4 is 16.3 Å². The van der Waals surface area contributed by atoms with E-state index >= 15 is 0 Å². The van der Waals surface area contributed by atoms with Crippen molar-refractivity contribution in [3.05, 3.63) is 51.0 Å². The third kappa shape index (κ3) is 3.32. The van der Waals surface area contributed by atoms with E-state index in [0.29, 0.717) is 34.6 Å². The Hall–Kier alpha value is -2.38. The molecule has 3 N–H and O–H groups in total. The summed E-state index contributed by atoms with van der Waals surface area (Å²) in [4.78, 5) is 24.1.